The van der Waals surface area contributed by atoms with E-state index in [0.717, 1.165) is 5.56 Å². The molecule has 0 aliphatic carbocycles. The molecule has 21 heavy (non-hydrogen) atoms. The normalized spacial score (nSPS) is 25.6. The maximum Gasteiger partial charge on any atom is 0.321 e. The molecule has 0 radical (unpaired) electrons. The Hall–Kier alpha value is -2.04. The highest BCUT2D eigenvalue weighted by atomic mass is 16.2. The summed E-state index contributed by atoms with van der Waals surface area (Å²) in [5.74, 6) is 0.0248. The number of fused-ring (bicyclic) bond motifs is 1. The van der Waals surface area contributed by atoms with E-state index < -0.39 is 0 Å². The van der Waals surface area contributed by atoms with Gasteiger partial charge in [-0.3, -0.25) is 4.79 Å². The van der Waals surface area contributed by atoms with E-state index in [1.807, 2.05) is 25.8 Å². The van der Waals surface area contributed by atoms with Crippen molar-refractivity contribution >= 4 is 11.9 Å². The first-order valence-corrected chi connectivity index (χ1v) is 7.35. The van der Waals surface area contributed by atoms with Crippen LogP contribution in [0.15, 0.2) is 24.3 Å². The number of carbonyl (C=O) groups is 2. The highest BCUT2D eigenvalue weighted by Crippen LogP contribution is 2.26. The molecule has 2 atom stereocenters. The van der Waals surface area contributed by atoms with E-state index in [-0.39, 0.29) is 24.0 Å². The third kappa shape index (κ3) is 2.37. The monoisotopic (exact) mass is 287 g/mol. The second-order valence-corrected chi connectivity index (χ2v) is 6.10. The first-order chi connectivity index (χ1) is 9.97. The highest BCUT2D eigenvalue weighted by Gasteiger charge is 2.46. The lowest BCUT2D eigenvalue weighted by molar-refractivity contribution is -0.139. The molecule has 2 heterocycles. The molecule has 0 unspecified atom stereocenters. The van der Waals surface area contributed by atoms with Crippen LogP contribution in [0, 0.1) is 6.92 Å². The van der Waals surface area contributed by atoms with Gasteiger partial charge in [-0.25, -0.2) is 4.79 Å². The molecule has 0 saturated carbocycles. The number of hydrogen-bond acceptors (Lipinski definition) is 2. The largest absolute Gasteiger partial charge is 0.342 e. The molecule has 2 aliphatic rings. The van der Waals surface area contributed by atoms with Crippen LogP contribution < -0.4 is 0 Å². The van der Waals surface area contributed by atoms with Crippen molar-refractivity contribution in [3.63, 3.8) is 0 Å². The Labute approximate surface area is 125 Å². The van der Waals surface area contributed by atoms with Gasteiger partial charge < -0.3 is 14.7 Å². The van der Waals surface area contributed by atoms with Crippen molar-refractivity contribution in [2.45, 2.75) is 32.5 Å². The van der Waals surface area contributed by atoms with Gasteiger partial charge in [0.05, 0.1) is 6.04 Å². The van der Waals surface area contributed by atoms with Crippen LogP contribution in [0.4, 0.5) is 4.79 Å². The molecule has 5 heteroatoms. The van der Waals surface area contributed by atoms with Crippen molar-refractivity contribution in [3.8, 4) is 0 Å². The minimum absolute atomic E-state index is 0.0190. The summed E-state index contributed by atoms with van der Waals surface area (Å²) in [5.41, 5.74) is 2.34. The van der Waals surface area contributed by atoms with E-state index in [4.69, 9.17) is 0 Å². The van der Waals surface area contributed by atoms with Crippen LogP contribution in [0.25, 0.3) is 0 Å². The number of likely N-dealkylation sites (N-methyl/N-ethyl adjacent to an activating group) is 1. The van der Waals surface area contributed by atoms with E-state index in [0.29, 0.717) is 19.6 Å². The van der Waals surface area contributed by atoms with Gasteiger partial charge in [0.25, 0.3) is 0 Å². The van der Waals surface area contributed by atoms with Crippen molar-refractivity contribution < 1.29 is 9.59 Å². The fraction of sp³-hybridized carbons (Fsp3) is 0.500. The molecule has 1 aromatic carbocycles. The average Bonchev–Trinajstić information content (AvgIpc) is 2.75. The molecule has 2 saturated heterocycles. The molecule has 3 rings (SSSR count). The number of amides is 3. The molecule has 2 aliphatic heterocycles. The van der Waals surface area contributed by atoms with Crippen LogP contribution >= 0.6 is 0 Å². The van der Waals surface area contributed by atoms with E-state index in [1.54, 1.807) is 9.80 Å². The standard InChI is InChI=1S/C16H21N3O2/c1-11-4-6-13(7-5-11)8-18-10-14-9-17(3)15(20)12(2)19(14)16(18)21/h4-7,12,14H,8-10H2,1-3H3/t12-,14+/m0/s1. The van der Waals surface area contributed by atoms with Crippen molar-refractivity contribution in [3.05, 3.63) is 35.4 Å². The highest BCUT2D eigenvalue weighted by molar-refractivity contribution is 5.89. The second kappa shape index (κ2) is 5.06. The van der Waals surface area contributed by atoms with Crippen LogP contribution in [0.1, 0.15) is 18.1 Å². The van der Waals surface area contributed by atoms with Gasteiger partial charge in [-0.05, 0) is 19.4 Å². The molecule has 1 aromatic rings. The summed E-state index contributed by atoms with van der Waals surface area (Å²) in [6.45, 7) is 5.79. The smallest absolute Gasteiger partial charge is 0.321 e. The summed E-state index contributed by atoms with van der Waals surface area (Å²) in [6.07, 6.45) is 0. The quantitative estimate of drug-likeness (QED) is 0.826. The second-order valence-electron chi connectivity index (χ2n) is 6.10. The summed E-state index contributed by atoms with van der Waals surface area (Å²) in [6, 6.07) is 7.97. The van der Waals surface area contributed by atoms with Gasteiger partial charge in [-0.15, -0.1) is 0 Å². The number of rotatable bonds is 2. The number of nitrogens with zero attached hydrogens (tertiary/aromatic N) is 3. The fourth-order valence-electron chi connectivity index (χ4n) is 3.26. The van der Waals surface area contributed by atoms with Gasteiger partial charge in [-0.1, -0.05) is 29.8 Å². The summed E-state index contributed by atoms with van der Waals surface area (Å²) < 4.78 is 0. The molecular weight excluding hydrogens is 266 g/mol. The van der Waals surface area contributed by atoms with Gasteiger partial charge in [0.2, 0.25) is 5.91 Å². The third-order valence-electron chi connectivity index (χ3n) is 4.45. The van der Waals surface area contributed by atoms with E-state index in [1.165, 1.54) is 5.56 Å². The zero-order chi connectivity index (χ0) is 15.1. The Balaban J connectivity index is 1.76. The minimum Gasteiger partial charge on any atom is -0.342 e. The van der Waals surface area contributed by atoms with E-state index >= 15 is 0 Å². The van der Waals surface area contributed by atoms with Gasteiger partial charge in [0, 0.05) is 26.7 Å². The molecule has 112 valence electrons. The molecule has 5 nitrogen and oxygen atoms in total. The predicted octanol–water partition coefficient (Wildman–Crippen LogP) is 1.46. The van der Waals surface area contributed by atoms with E-state index in [9.17, 15) is 9.59 Å². The number of hydrogen-bond donors (Lipinski definition) is 0. The van der Waals surface area contributed by atoms with Crippen LogP contribution in [-0.2, 0) is 11.3 Å². The van der Waals surface area contributed by atoms with E-state index in [2.05, 4.69) is 24.3 Å². The average molecular weight is 287 g/mol. The molecule has 2 fully saturated rings. The van der Waals surface area contributed by atoms with Crippen molar-refractivity contribution in [2.75, 3.05) is 20.1 Å². The predicted molar refractivity (Wildman–Crippen MR) is 79.7 cm³/mol. The zero-order valence-corrected chi connectivity index (χ0v) is 12.7. The number of piperazine rings is 1. The molecule has 0 N–H and O–H groups in total. The Bertz CT molecular complexity index is 569. The number of carbonyl (C=O) groups excluding carboxylic acids is 2. The van der Waals surface area contributed by atoms with Crippen LogP contribution in [0.3, 0.4) is 0 Å². The molecular formula is C16H21N3O2. The Morgan fingerprint density at radius 2 is 1.81 bits per heavy atom. The lowest BCUT2D eigenvalue weighted by Crippen LogP contribution is -2.58. The zero-order valence-electron chi connectivity index (χ0n) is 12.7. The lowest BCUT2D eigenvalue weighted by atomic mass is 10.1. The lowest BCUT2D eigenvalue weighted by Gasteiger charge is -2.38. The molecule has 3 amide bonds. The Morgan fingerprint density at radius 1 is 1.14 bits per heavy atom. The summed E-state index contributed by atoms with van der Waals surface area (Å²) in [7, 11) is 1.81. The van der Waals surface area contributed by atoms with Gasteiger partial charge in [-0.2, -0.15) is 0 Å². The summed E-state index contributed by atoms with van der Waals surface area (Å²) >= 11 is 0. The Kier molecular flexibility index (Phi) is 3.35. The Morgan fingerprint density at radius 3 is 2.48 bits per heavy atom. The van der Waals surface area contributed by atoms with Crippen LogP contribution in [0.2, 0.25) is 0 Å². The van der Waals surface area contributed by atoms with Crippen molar-refractivity contribution in [1.82, 2.24) is 14.7 Å². The number of aryl methyl sites for hydroxylation is 1. The summed E-state index contributed by atoms with van der Waals surface area (Å²) in [4.78, 5) is 29.9. The van der Waals surface area contributed by atoms with Crippen LogP contribution in [0.5, 0.6) is 0 Å². The van der Waals surface area contributed by atoms with Gasteiger partial charge in [0.15, 0.2) is 0 Å². The maximum absolute atomic E-state index is 12.6. The topological polar surface area (TPSA) is 43.9 Å². The molecule has 0 spiro atoms. The van der Waals surface area contributed by atoms with Crippen LogP contribution in [-0.4, -0.2) is 58.9 Å². The number of benzene rings is 1. The first kappa shape index (κ1) is 13.9. The number of urea groups is 1. The minimum atomic E-state index is -0.357. The molecule has 0 bridgehead atoms. The molecule has 0 aromatic heterocycles. The fourth-order valence-corrected chi connectivity index (χ4v) is 3.26. The maximum atomic E-state index is 12.6. The van der Waals surface area contributed by atoms with Gasteiger partial charge >= 0.3 is 6.03 Å². The third-order valence-corrected chi connectivity index (χ3v) is 4.45. The van der Waals surface area contributed by atoms with Crippen molar-refractivity contribution in [2.24, 2.45) is 0 Å². The van der Waals surface area contributed by atoms with Crippen molar-refractivity contribution in [1.29, 1.82) is 0 Å². The first-order valence-electron chi connectivity index (χ1n) is 7.35. The van der Waals surface area contributed by atoms with Gasteiger partial charge in [0.1, 0.15) is 6.04 Å². The summed E-state index contributed by atoms with van der Waals surface area (Å²) in [5, 5.41) is 0. The SMILES string of the molecule is Cc1ccc(CN2C[C@H]3CN(C)C(=O)[C@H](C)N3C2=O)cc1.